The largest absolute Gasteiger partial charge is 0.479 e. The Labute approximate surface area is 100.0 Å². The Morgan fingerprint density at radius 1 is 1.47 bits per heavy atom. The lowest BCUT2D eigenvalue weighted by Gasteiger charge is -2.10. The van der Waals surface area contributed by atoms with E-state index in [1.165, 1.54) is 13.4 Å². The van der Waals surface area contributed by atoms with Crippen LogP contribution in [0.1, 0.15) is 0 Å². The highest BCUT2D eigenvalue weighted by atomic mass is 32.2. The molecule has 1 rings (SSSR count). The maximum absolute atomic E-state index is 11.8. The van der Waals surface area contributed by atoms with Gasteiger partial charge in [0.1, 0.15) is 12.0 Å². The SMILES string of the molecule is COc1ncnc(NCCSC(F)(F)F)c1N. The Bertz CT molecular complexity index is 374. The van der Waals surface area contributed by atoms with Gasteiger partial charge < -0.3 is 15.8 Å². The molecule has 0 aliphatic rings. The standard InChI is InChI=1S/C8H11F3N4OS/c1-16-7-5(12)6(14-4-15-7)13-2-3-17-8(9,10)11/h4H,2-3,12H2,1H3,(H,13,14,15). The number of thioether (sulfide) groups is 1. The summed E-state index contributed by atoms with van der Waals surface area (Å²) >= 11 is -0.109. The molecular weight excluding hydrogens is 257 g/mol. The first kappa shape index (κ1) is 13.7. The van der Waals surface area contributed by atoms with Gasteiger partial charge in [0.25, 0.3) is 0 Å². The minimum Gasteiger partial charge on any atom is -0.479 e. The Morgan fingerprint density at radius 2 is 2.18 bits per heavy atom. The maximum atomic E-state index is 11.8. The zero-order valence-corrected chi connectivity index (χ0v) is 9.73. The summed E-state index contributed by atoms with van der Waals surface area (Å²) in [5, 5.41) is 2.68. The van der Waals surface area contributed by atoms with Gasteiger partial charge in [-0.2, -0.15) is 18.2 Å². The van der Waals surface area contributed by atoms with E-state index in [1.54, 1.807) is 0 Å². The van der Waals surface area contributed by atoms with Crippen LogP contribution in [-0.4, -0.2) is 34.9 Å². The Balaban J connectivity index is 2.47. The number of alkyl halides is 3. The molecule has 0 aliphatic heterocycles. The van der Waals surface area contributed by atoms with Gasteiger partial charge in [-0.15, -0.1) is 0 Å². The van der Waals surface area contributed by atoms with Crippen molar-refractivity contribution in [2.24, 2.45) is 0 Å². The van der Waals surface area contributed by atoms with Gasteiger partial charge in [-0.05, 0) is 11.8 Å². The second kappa shape index (κ2) is 5.80. The number of methoxy groups -OCH3 is 1. The molecule has 96 valence electrons. The van der Waals surface area contributed by atoms with Gasteiger partial charge in [0, 0.05) is 12.3 Å². The molecule has 0 aromatic carbocycles. The lowest BCUT2D eigenvalue weighted by atomic mass is 10.4. The molecule has 1 aromatic rings. The molecule has 0 radical (unpaired) electrons. The monoisotopic (exact) mass is 268 g/mol. The van der Waals surface area contributed by atoms with Crippen LogP contribution in [0.4, 0.5) is 24.7 Å². The Kier molecular flexibility index (Phi) is 4.67. The predicted molar refractivity (Wildman–Crippen MR) is 60.0 cm³/mol. The highest BCUT2D eigenvalue weighted by molar-refractivity contribution is 8.00. The molecule has 3 N–H and O–H groups in total. The summed E-state index contributed by atoms with van der Waals surface area (Å²) in [5.74, 6) is 0.320. The third kappa shape index (κ3) is 4.55. The lowest BCUT2D eigenvalue weighted by Crippen LogP contribution is -2.12. The highest BCUT2D eigenvalue weighted by Crippen LogP contribution is 2.30. The molecule has 17 heavy (non-hydrogen) atoms. The van der Waals surface area contributed by atoms with Gasteiger partial charge >= 0.3 is 5.51 Å². The van der Waals surface area contributed by atoms with Gasteiger partial charge in [-0.3, -0.25) is 0 Å². The van der Waals surface area contributed by atoms with E-state index in [0.717, 1.165) is 0 Å². The van der Waals surface area contributed by atoms with Crippen molar-refractivity contribution < 1.29 is 17.9 Å². The molecular formula is C8H11F3N4OS. The van der Waals surface area contributed by atoms with Crippen molar-refractivity contribution in [3.05, 3.63) is 6.33 Å². The van der Waals surface area contributed by atoms with E-state index >= 15 is 0 Å². The number of halogens is 3. The van der Waals surface area contributed by atoms with E-state index in [9.17, 15) is 13.2 Å². The third-order valence-electron chi connectivity index (χ3n) is 1.70. The second-order valence-corrected chi connectivity index (χ2v) is 4.03. The molecule has 1 heterocycles. The van der Waals surface area contributed by atoms with E-state index < -0.39 is 5.51 Å². The molecule has 0 saturated heterocycles. The van der Waals surface area contributed by atoms with Crippen LogP contribution in [-0.2, 0) is 0 Å². The van der Waals surface area contributed by atoms with Crippen LogP contribution in [0, 0.1) is 0 Å². The van der Waals surface area contributed by atoms with Crippen LogP contribution in [0.15, 0.2) is 6.33 Å². The molecule has 0 fully saturated rings. The van der Waals surface area contributed by atoms with Crippen LogP contribution >= 0.6 is 11.8 Å². The van der Waals surface area contributed by atoms with E-state index in [2.05, 4.69) is 15.3 Å². The molecule has 0 amide bonds. The molecule has 0 unspecified atom stereocenters. The van der Waals surface area contributed by atoms with E-state index in [0.29, 0.717) is 0 Å². The van der Waals surface area contributed by atoms with Crippen LogP contribution in [0.3, 0.4) is 0 Å². The number of aromatic nitrogens is 2. The zero-order chi connectivity index (χ0) is 12.9. The van der Waals surface area contributed by atoms with Crippen molar-refractivity contribution in [1.29, 1.82) is 0 Å². The number of nitrogens with two attached hydrogens (primary N) is 1. The average molecular weight is 268 g/mol. The summed E-state index contributed by atoms with van der Waals surface area (Å²) in [5.41, 5.74) is 1.57. The Hall–Kier alpha value is -1.38. The summed E-state index contributed by atoms with van der Waals surface area (Å²) < 4.78 is 40.4. The van der Waals surface area contributed by atoms with Crippen molar-refractivity contribution in [1.82, 2.24) is 9.97 Å². The van der Waals surface area contributed by atoms with Crippen molar-refractivity contribution in [3.8, 4) is 5.88 Å². The number of nitrogen functional groups attached to an aromatic ring is 1. The lowest BCUT2D eigenvalue weighted by molar-refractivity contribution is -0.0327. The normalized spacial score (nSPS) is 11.3. The summed E-state index contributed by atoms with van der Waals surface area (Å²) in [6.45, 7) is 0.0918. The molecule has 0 bridgehead atoms. The number of hydrogen-bond donors (Lipinski definition) is 2. The zero-order valence-electron chi connectivity index (χ0n) is 8.91. The summed E-state index contributed by atoms with van der Waals surface area (Å²) in [4.78, 5) is 7.54. The van der Waals surface area contributed by atoms with Gasteiger partial charge in [-0.25, -0.2) is 4.98 Å². The first-order valence-electron chi connectivity index (χ1n) is 4.53. The summed E-state index contributed by atoms with van der Waals surface area (Å²) in [7, 11) is 1.39. The third-order valence-corrected chi connectivity index (χ3v) is 2.44. The number of nitrogens with zero attached hydrogens (tertiary/aromatic N) is 2. The minimum atomic E-state index is -4.23. The molecule has 5 nitrogen and oxygen atoms in total. The van der Waals surface area contributed by atoms with E-state index in [-0.39, 0.29) is 41.4 Å². The quantitative estimate of drug-likeness (QED) is 0.792. The number of ether oxygens (including phenoxy) is 1. The molecule has 0 atom stereocenters. The summed E-state index contributed by atoms with van der Waals surface area (Å²) in [6.07, 6.45) is 1.22. The van der Waals surface area contributed by atoms with Crippen molar-refractivity contribution in [2.75, 3.05) is 30.5 Å². The molecule has 9 heteroatoms. The van der Waals surface area contributed by atoms with Gasteiger partial charge in [-0.1, -0.05) is 0 Å². The fourth-order valence-electron chi connectivity index (χ4n) is 1.02. The molecule has 0 aliphatic carbocycles. The van der Waals surface area contributed by atoms with Crippen molar-refractivity contribution in [3.63, 3.8) is 0 Å². The van der Waals surface area contributed by atoms with Crippen LogP contribution in [0.25, 0.3) is 0 Å². The van der Waals surface area contributed by atoms with Crippen LogP contribution < -0.4 is 15.8 Å². The fraction of sp³-hybridized carbons (Fsp3) is 0.500. The molecule has 0 saturated carbocycles. The number of anilines is 2. The van der Waals surface area contributed by atoms with Crippen molar-refractivity contribution >= 4 is 23.3 Å². The van der Waals surface area contributed by atoms with Crippen LogP contribution in [0.5, 0.6) is 5.88 Å². The van der Waals surface area contributed by atoms with E-state index in [1.807, 2.05) is 0 Å². The van der Waals surface area contributed by atoms with Gasteiger partial charge in [0.2, 0.25) is 5.88 Å². The second-order valence-electron chi connectivity index (χ2n) is 2.87. The highest BCUT2D eigenvalue weighted by Gasteiger charge is 2.27. The van der Waals surface area contributed by atoms with E-state index in [4.69, 9.17) is 10.5 Å². The minimum absolute atomic E-state index is 0.0918. The summed E-state index contributed by atoms with van der Waals surface area (Å²) in [6, 6.07) is 0. The first-order valence-corrected chi connectivity index (χ1v) is 5.51. The Morgan fingerprint density at radius 3 is 2.76 bits per heavy atom. The molecule has 0 spiro atoms. The smallest absolute Gasteiger partial charge is 0.441 e. The topological polar surface area (TPSA) is 73.1 Å². The number of hydrogen-bond acceptors (Lipinski definition) is 6. The number of rotatable bonds is 5. The average Bonchev–Trinajstić information content (AvgIpc) is 2.25. The van der Waals surface area contributed by atoms with Gasteiger partial charge in [0.05, 0.1) is 7.11 Å². The maximum Gasteiger partial charge on any atom is 0.441 e. The first-order chi connectivity index (χ1) is 7.94. The predicted octanol–water partition coefficient (Wildman–Crippen LogP) is 1.73. The fourth-order valence-corrected chi connectivity index (χ4v) is 1.45. The van der Waals surface area contributed by atoms with Crippen LogP contribution in [0.2, 0.25) is 0 Å². The number of nitrogens with one attached hydrogen (secondary N) is 1. The van der Waals surface area contributed by atoms with Gasteiger partial charge in [0.15, 0.2) is 5.82 Å². The molecule has 1 aromatic heterocycles. The van der Waals surface area contributed by atoms with Crippen molar-refractivity contribution in [2.45, 2.75) is 5.51 Å².